The lowest BCUT2D eigenvalue weighted by Gasteiger charge is -1.99. The molecule has 0 saturated heterocycles. The highest BCUT2D eigenvalue weighted by atomic mass is 32.1. The van der Waals surface area contributed by atoms with Crippen LogP contribution >= 0.6 is 12.2 Å². The molecule has 0 atom stereocenters. The van der Waals surface area contributed by atoms with Gasteiger partial charge in [0, 0.05) is 5.57 Å². The zero-order valence-corrected chi connectivity index (χ0v) is 8.11. The third kappa shape index (κ3) is 2.81. The molecule has 62 valence electrons. The van der Waals surface area contributed by atoms with E-state index in [1.165, 1.54) is 0 Å². The van der Waals surface area contributed by atoms with E-state index in [0.717, 1.165) is 11.1 Å². The van der Waals surface area contributed by atoms with Crippen molar-refractivity contribution in [2.45, 2.75) is 13.8 Å². The van der Waals surface area contributed by atoms with E-state index in [-0.39, 0.29) is 0 Å². The average Bonchev–Trinajstić information content (AvgIpc) is 2.11. The van der Waals surface area contributed by atoms with Crippen LogP contribution in [-0.4, -0.2) is 4.86 Å². The molecule has 0 aliphatic carbocycles. The normalized spacial score (nSPS) is 12.1. The highest BCUT2D eigenvalue weighted by Gasteiger charge is 2.01. The highest BCUT2D eigenvalue weighted by Crippen LogP contribution is 2.09. The number of nitriles is 1. The van der Waals surface area contributed by atoms with Gasteiger partial charge in [0.25, 0.3) is 0 Å². The maximum atomic E-state index is 8.58. The van der Waals surface area contributed by atoms with Crippen LogP contribution in [0.4, 0.5) is 0 Å². The summed E-state index contributed by atoms with van der Waals surface area (Å²) in [6.07, 6.45) is 5.37. The molecule has 0 radical (unpaired) electrons. The van der Waals surface area contributed by atoms with Crippen molar-refractivity contribution < 1.29 is 0 Å². The predicted molar refractivity (Wildman–Crippen MR) is 55.9 cm³/mol. The fourth-order valence-electron chi connectivity index (χ4n) is 0.723. The monoisotopic (exact) mass is 177 g/mol. The van der Waals surface area contributed by atoms with Crippen molar-refractivity contribution in [2.75, 3.05) is 0 Å². The van der Waals surface area contributed by atoms with Crippen LogP contribution in [0.15, 0.2) is 36.0 Å². The molecule has 0 rings (SSSR count). The largest absolute Gasteiger partial charge is 0.191 e. The first-order valence-corrected chi connectivity index (χ1v) is 3.98. The molecule has 0 spiro atoms. The first-order valence-electron chi connectivity index (χ1n) is 3.57. The summed E-state index contributed by atoms with van der Waals surface area (Å²) in [5, 5.41) is 8.58. The molecule has 0 aliphatic heterocycles. The van der Waals surface area contributed by atoms with Crippen LogP contribution in [0.3, 0.4) is 0 Å². The summed E-state index contributed by atoms with van der Waals surface area (Å²) in [7, 11) is 0. The van der Waals surface area contributed by atoms with E-state index < -0.39 is 0 Å². The summed E-state index contributed by atoms with van der Waals surface area (Å²) in [5.74, 6) is 0. The van der Waals surface area contributed by atoms with Gasteiger partial charge in [-0.3, -0.25) is 0 Å². The van der Waals surface area contributed by atoms with Crippen molar-refractivity contribution in [3.8, 4) is 6.07 Å². The van der Waals surface area contributed by atoms with Gasteiger partial charge in [0.1, 0.15) is 10.9 Å². The smallest absolute Gasteiger partial charge is 0.122 e. The third-order valence-electron chi connectivity index (χ3n) is 1.41. The van der Waals surface area contributed by atoms with Gasteiger partial charge in [-0.2, -0.15) is 5.26 Å². The van der Waals surface area contributed by atoms with Gasteiger partial charge in [-0.05, 0) is 19.4 Å². The predicted octanol–water partition coefficient (Wildman–Crippen LogP) is 2.96. The second-order valence-corrected chi connectivity index (χ2v) is 2.65. The average molecular weight is 177 g/mol. The molecule has 0 aromatic carbocycles. The van der Waals surface area contributed by atoms with Crippen LogP contribution in [0, 0.1) is 11.3 Å². The number of hydrogen-bond acceptors (Lipinski definition) is 2. The number of hydrogen-bond donors (Lipinski definition) is 0. The summed E-state index contributed by atoms with van der Waals surface area (Å²) in [6, 6.07) is 1.94. The number of rotatable bonds is 3. The number of thiocarbonyl (C=S) groups is 1. The van der Waals surface area contributed by atoms with Crippen LogP contribution in [0.25, 0.3) is 0 Å². The van der Waals surface area contributed by atoms with Crippen LogP contribution in [0.5, 0.6) is 0 Å². The Balaban J connectivity index is 5.07. The van der Waals surface area contributed by atoms with Crippen molar-refractivity contribution >= 4 is 17.1 Å². The Morgan fingerprint density at radius 3 is 2.50 bits per heavy atom. The SMILES string of the molecule is C=C/C(C)=C(\C=C/C)C(=S)C#N. The molecule has 2 heteroatoms. The molecule has 12 heavy (non-hydrogen) atoms. The van der Waals surface area contributed by atoms with E-state index in [1.807, 2.05) is 32.1 Å². The van der Waals surface area contributed by atoms with Crippen LogP contribution in [0.1, 0.15) is 13.8 Å². The van der Waals surface area contributed by atoms with Crippen LogP contribution < -0.4 is 0 Å². The Morgan fingerprint density at radius 2 is 2.17 bits per heavy atom. The van der Waals surface area contributed by atoms with Gasteiger partial charge in [-0.25, -0.2) is 0 Å². The lowest BCUT2D eigenvalue weighted by molar-refractivity contribution is 1.48. The standard InChI is InChI=1S/C10H11NS/c1-4-6-9(8(3)5-2)10(12)7-11/h4-6H,2H2,1,3H3/b6-4-,9-8+. The minimum absolute atomic E-state index is 0.311. The Bertz CT molecular complexity index is 289. The van der Waals surface area contributed by atoms with E-state index >= 15 is 0 Å². The van der Waals surface area contributed by atoms with Crippen molar-refractivity contribution in [3.63, 3.8) is 0 Å². The summed E-state index contributed by atoms with van der Waals surface area (Å²) < 4.78 is 0. The van der Waals surface area contributed by atoms with E-state index in [1.54, 1.807) is 6.08 Å². The molecule has 0 amide bonds. The molecular formula is C10H11NS. The van der Waals surface area contributed by atoms with E-state index in [0.29, 0.717) is 4.86 Å². The van der Waals surface area contributed by atoms with Crippen molar-refractivity contribution in [2.24, 2.45) is 0 Å². The molecule has 0 aliphatic rings. The molecule has 0 heterocycles. The van der Waals surface area contributed by atoms with E-state index in [9.17, 15) is 0 Å². The molecule has 0 aromatic rings. The first-order chi connectivity index (χ1) is 5.67. The zero-order chi connectivity index (χ0) is 9.56. The van der Waals surface area contributed by atoms with E-state index in [2.05, 4.69) is 6.58 Å². The summed E-state index contributed by atoms with van der Waals surface area (Å²) in [5.41, 5.74) is 1.71. The minimum Gasteiger partial charge on any atom is -0.191 e. The number of allylic oxidation sites excluding steroid dienone is 5. The lowest BCUT2D eigenvalue weighted by atomic mass is 10.1. The van der Waals surface area contributed by atoms with Gasteiger partial charge in [0.05, 0.1) is 0 Å². The maximum absolute atomic E-state index is 8.58. The fraction of sp³-hybridized carbons (Fsp3) is 0.200. The first kappa shape index (κ1) is 10.8. The molecule has 1 nitrogen and oxygen atoms in total. The highest BCUT2D eigenvalue weighted by molar-refractivity contribution is 7.81. The fourth-order valence-corrected chi connectivity index (χ4v) is 0.952. The van der Waals surface area contributed by atoms with Gasteiger partial charge >= 0.3 is 0 Å². The van der Waals surface area contributed by atoms with Gasteiger partial charge in [0.2, 0.25) is 0 Å². The summed E-state index contributed by atoms with van der Waals surface area (Å²) in [6.45, 7) is 7.39. The lowest BCUT2D eigenvalue weighted by Crippen LogP contribution is -1.95. The zero-order valence-electron chi connectivity index (χ0n) is 7.29. The maximum Gasteiger partial charge on any atom is 0.122 e. The van der Waals surface area contributed by atoms with Gasteiger partial charge in [-0.15, -0.1) is 0 Å². The Kier molecular flexibility index (Phi) is 4.91. The molecule has 0 unspecified atom stereocenters. The molecule has 0 aromatic heterocycles. The Labute approximate surface area is 78.7 Å². The van der Waals surface area contributed by atoms with Crippen LogP contribution in [-0.2, 0) is 0 Å². The molecule has 0 saturated carbocycles. The van der Waals surface area contributed by atoms with Gasteiger partial charge in [0.15, 0.2) is 0 Å². The molecule has 0 bridgehead atoms. The second-order valence-electron chi connectivity index (χ2n) is 2.24. The molecular weight excluding hydrogens is 166 g/mol. The Morgan fingerprint density at radius 1 is 1.58 bits per heavy atom. The van der Waals surface area contributed by atoms with Crippen LogP contribution in [0.2, 0.25) is 0 Å². The summed E-state index contributed by atoms with van der Waals surface area (Å²) >= 11 is 4.87. The quantitative estimate of drug-likeness (QED) is 0.376. The Hall–Kier alpha value is -1.20. The number of nitrogens with zero attached hydrogens (tertiary/aromatic N) is 1. The summed E-state index contributed by atoms with van der Waals surface area (Å²) in [4.78, 5) is 0.311. The van der Waals surface area contributed by atoms with Gasteiger partial charge in [-0.1, -0.05) is 37.0 Å². The van der Waals surface area contributed by atoms with Crippen molar-refractivity contribution in [3.05, 3.63) is 36.0 Å². The van der Waals surface area contributed by atoms with Crippen molar-refractivity contribution in [1.29, 1.82) is 5.26 Å². The topological polar surface area (TPSA) is 23.8 Å². The second kappa shape index (κ2) is 5.45. The van der Waals surface area contributed by atoms with Crippen molar-refractivity contribution in [1.82, 2.24) is 0 Å². The third-order valence-corrected chi connectivity index (χ3v) is 1.72. The molecule has 0 fully saturated rings. The van der Waals surface area contributed by atoms with E-state index in [4.69, 9.17) is 17.5 Å². The minimum atomic E-state index is 0.311. The van der Waals surface area contributed by atoms with Gasteiger partial charge < -0.3 is 0 Å². The molecule has 0 N–H and O–H groups in total.